The predicted octanol–water partition coefficient (Wildman–Crippen LogP) is 1.57. The Balaban J connectivity index is 1.81. The van der Waals surface area contributed by atoms with E-state index in [0.29, 0.717) is 6.54 Å². The molecule has 0 radical (unpaired) electrons. The Labute approximate surface area is 93.7 Å². The molecule has 0 bridgehead atoms. The molecule has 0 saturated heterocycles. The second-order valence-corrected chi connectivity index (χ2v) is 3.54. The molecule has 2 rings (SSSR count). The first-order chi connectivity index (χ1) is 7.78. The van der Waals surface area contributed by atoms with E-state index in [1.165, 1.54) is 0 Å². The van der Waals surface area contributed by atoms with E-state index in [1.807, 2.05) is 25.4 Å². The lowest BCUT2D eigenvalue weighted by atomic mass is 10.3. The zero-order valence-electron chi connectivity index (χ0n) is 9.18. The fraction of sp³-hybridized carbons (Fsp3) is 0.273. The van der Waals surface area contributed by atoms with Crippen LogP contribution in [0.2, 0.25) is 0 Å². The Morgan fingerprint density at radius 1 is 1.56 bits per heavy atom. The lowest BCUT2D eigenvalue weighted by Gasteiger charge is -1.98. The van der Waals surface area contributed by atoms with Gasteiger partial charge in [0.05, 0.1) is 11.9 Å². The fourth-order valence-electron chi connectivity index (χ4n) is 1.40. The van der Waals surface area contributed by atoms with Crippen molar-refractivity contribution in [3.05, 3.63) is 42.1 Å². The van der Waals surface area contributed by atoms with E-state index >= 15 is 0 Å². The molecule has 2 aromatic rings. The summed E-state index contributed by atoms with van der Waals surface area (Å²) in [6, 6.07) is 1.92. The van der Waals surface area contributed by atoms with E-state index in [2.05, 4.69) is 22.2 Å². The Morgan fingerprint density at radius 2 is 2.44 bits per heavy atom. The third-order valence-corrected chi connectivity index (χ3v) is 2.15. The van der Waals surface area contributed by atoms with E-state index in [-0.39, 0.29) is 0 Å². The Bertz CT molecular complexity index is 472. The highest BCUT2D eigenvalue weighted by Gasteiger charge is 2.00. The second-order valence-electron chi connectivity index (χ2n) is 3.54. The summed E-state index contributed by atoms with van der Waals surface area (Å²) in [6.45, 7) is 6.95. The van der Waals surface area contributed by atoms with Crippen LogP contribution in [-0.2, 0) is 13.1 Å². The average Bonchev–Trinajstić information content (AvgIpc) is 2.88. The fourth-order valence-corrected chi connectivity index (χ4v) is 1.40. The number of rotatable bonds is 5. The van der Waals surface area contributed by atoms with Gasteiger partial charge >= 0.3 is 0 Å². The van der Waals surface area contributed by atoms with Crippen molar-refractivity contribution in [3.8, 4) is 0 Å². The van der Waals surface area contributed by atoms with Gasteiger partial charge in [0.15, 0.2) is 0 Å². The highest BCUT2D eigenvalue weighted by molar-refractivity contribution is 5.17. The number of hydrogen-bond acceptors (Lipinski definition) is 4. The van der Waals surface area contributed by atoms with Crippen LogP contribution >= 0.6 is 0 Å². The van der Waals surface area contributed by atoms with Crippen molar-refractivity contribution in [2.45, 2.75) is 20.0 Å². The topological polar surface area (TPSA) is 55.9 Å². The minimum absolute atomic E-state index is 0.691. The molecular formula is C11H14N4O. The van der Waals surface area contributed by atoms with Crippen LogP contribution in [-0.4, -0.2) is 14.9 Å². The van der Waals surface area contributed by atoms with Crippen LogP contribution in [0.25, 0.3) is 6.20 Å². The van der Waals surface area contributed by atoms with Gasteiger partial charge in [0.25, 0.3) is 0 Å². The quantitative estimate of drug-likeness (QED) is 0.827. The van der Waals surface area contributed by atoms with Crippen molar-refractivity contribution in [1.29, 1.82) is 0 Å². The molecule has 0 aliphatic rings. The van der Waals surface area contributed by atoms with Gasteiger partial charge in [-0.1, -0.05) is 11.7 Å². The third kappa shape index (κ3) is 2.58. The standard InChI is InChI=1S/C11H14N4O/c1-3-15-8-10(6-13-15)5-12-7-11-4-9(2)16-14-11/h3-4,6,8,12H,1,5,7H2,2H3. The van der Waals surface area contributed by atoms with Crippen LogP contribution in [0.4, 0.5) is 0 Å². The number of nitrogens with one attached hydrogen (secondary N) is 1. The Hall–Kier alpha value is -1.88. The van der Waals surface area contributed by atoms with Crippen molar-refractivity contribution in [1.82, 2.24) is 20.3 Å². The van der Waals surface area contributed by atoms with E-state index in [0.717, 1.165) is 23.6 Å². The van der Waals surface area contributed by atoms with Gasteiger partial charge in [-0.15, -0.1) is 0 Å². The molecule has 0 aliphatic heterocycles. The Kier molecular flexibility index (Phi) is 3.16. The summed E-state index contributed by atoms with van der Waals surface area (Å²) < 4.78 is 6.65. The highest BCUT2D eigenvalue weighted by atomic mass is 16.5. The van der Waals surface area contributed by atoms with Crippen molar-refractivity contribution in [2.24, 2.45) is 0 Å². The van der Waals surface area contributed by atoms with Crippen molar-refractivity contribution in [2.75, 3.05) is 0 Å². The molecule has 0 aliphatic carbocycles. The first-order valence-corrected chi connectivity index (χ1v) is 5.06. The summed E-state index contributed by atoms with van der Waals surface area (Å²) in [5.74, 6) is 0.830. The molecule has 84 valence electrons. The van der Waals surface area contributed by atoms with E-state index in [1.54, 1.807) is 10.9 Å². The number of hydrogen-bond donors (Lipinski definition) is 1. The molecule has 0 saturated carbocycles. The second kappa shape index (κ2) is 4.76. The van der Waals surface area contributed by atoms with Gasteiger partial charge in [-0.2, -0.15) is 5.10 Å². The highest BCUT2D eigenvalue weighted by Crippen LogP contribution is 2.02. The lowest BCUT2D eigenvalue weighted by molar-refractivity contribution is 0.388. The maximum atomic E-state index is 4.97. The van der Waals surface area contributed by atoms with Crippen LogP contribution < -0.4 is 5.32 Å². The SMILES string of the molecule is C=Cn1cc(CNCc2cc(C)on2)cn1. The predicted molar refractivity (Wildman–Crippen MR) is 60.4 cm³/mol. The summed E-state index contributed by atoms with van der Waals surface area (Å²) in [5, 5.41) is 11.2. The molecule has 0 fully saturated rings. The molecule has 5 heteroatoms. The van der Waals surface area contributed by atoms with Crippen LogP contribution in [0.15, 0.2) is 29.6 Å². The summed E-state index contributed by atoms with van der Waals surface area (Å²) in [7, 11) is 0. The summed E-state index contributed by atoms with van der Waals surface area (Å²) in [6.07, 6.45) is 5.39. The van der Waals surface area contributed by atoms with Gasteiger partial charge in [0.2, 0.25) is 0 Å². The summed E-state index contributed by atoms with van der Waals surface area (Å²) >= 11 is 0. The number of aryl methyl sites for hydroxylation is 1. The normalized spacial score (nSPS) is 10.6. The first kappa shape index (κ1) is 10.6. The number of aromatic nitrogens is 3. The molecule has 0 spiro atoms. The first-order valence-electron chi connectivity index (χ1n) is 5.06. The van der Waals surface area contributed by atoms with Gasteiger partial charge in [-0.3, -0.25) is 0 Å². The molecule has 16 heavy (non-hydrogen) atoms. The molecular weight excluding hydrogens is 204 g/mol. The smallest absolute Gasteiger partial charge is 0.133 e. The monoisotopic (exact) mass is 218 g/mol. The third-order valence-electron chi connectivity index (χ3n) is 2.15. The molecule has 0 aromatic carbocycles. The van der Waals surface area contributed by atoms with E-state index < -0.39 is 0 Å². The summed E-state index contributed by atoms with van der Waals surface area (Å²) in [5.41, 5.74) is 2.02. The maximum Gasteiger partial charge on any atom is 0.133 e. The van der Waals surface area contributed by atoms with Crippen molar-refractivity contribution in [3.63, 3.8) is 0 Å². The van der Waals surface area contributed by atoms with Crippen molar-refractivity contribution < 1.29 is 4.52 Å². The average molecular weight is 218 g/mol. The van der Waals surface area contributed by atoms with Crippen molar-refractivity contribution >= 4 is 6.20 Å². The molecule has 0 atom stereocenters. The minimum atomic E-state index is 0.691. The molecule has 0 unspecified atom stereocenters. The Morgan fingerprint density at radius 3 is 3.06 bits per heavy atom. The van der Waals surface area contributed by atoms with Crippen LogP contribution in [0, 0.1) is 6.92 Å². The van der Waals surface area contributed by atoms with Crippen LogP contribution in [0.1, 0.15) is 17.0 Å². The zero-order valence-corrected chi connectivity index (χ0v) is 9.18. The van der Waals surface area contributed by atoms with Crippen LogP contribution in [0.3, 0.4) is 0 Å². The zero-order chi connectivity index (χ0) is 11.4. The van der Waals surface area contributed by atoms with Gasteiger partial charge in [-0.25, -0.2) is 4.68 Å². The van der Waals surface area contributed by atoms with Gasteiger partial charge in [0, 0.05) is 37.1 Å². The van der Waals surface area contributed by atoms with Crippen LogP contribution in [0.5, 0.6) is 0 Å². The molecule has 5 nitrogen and oxygen atoms in total. The molecule has 0 amide bonds. The summed E-state index contributed by atoms with van der Waals surface area (Å²) in [4.78, 5) is 0. The largest absolute Gasteiger partial charge is 0.361 e. The van der Waals surface area contributed by atoms with E-state index in [9.17, 15) is 0 Å². The molecule has 2 aromatic heterocycles. The van der Waals surface area contributed by atoms with Gasteiger partial charge < -0.3 is 9.84 Å². The lowest BCUT2D eigenvalue weighted by Crippen LogP contribution is -2.12. The number of nitrogens with zero attached hydrogens (tertiary/aromatic N) is 3. The van der Waals surface area contributed by atoms with E-state index in [4.69, 9.17) is 4.52 Å². The van der Waals surface area contributed by atoms with Gasteiger partial charge in [0.1, 0.15) is 5.76 Å². The molecule has 2 heterocycles. The minimum Gasteiger partial charge on any atom is -0.361 e. The van der Waals surface area contributed by atoms with Gasteiger partial charge in [-0.05, 0) is 6.92 Å². The molecule has 1 N–H and O–H groups in total. The maximum absolute atomic E-state index is 4.97.